The largest absolute Gasteiger partial charge is 0.426 e. The highest BCUT2D eigenvalue weighted by Gasteiger charge is 2.21. The molecule has 0 saturated carbocycles. The zero-order valence-electron chi connectivity index (χ0n) is 9.57. The lowest BCUT2D eigenvalue weighted by Gasteiger charge is -2.17. The van der Waals surface area contributed by atoms with E-state index in [1.165, 1.54) is 0 Å². The lowest BCUT2D eigenvalue weighted by Crippen LogP contribution is -2.24. The zero-order valence-corrected chi connectivity index (χ0v) is 9.57. The van der Waals surface area contributed by atoms with Crippen molar-refractivity contribution < 1.29 is 9.53 Å². The van der Waals surface area contributed by atoms with Crippen LogP contribution in [0.1, 0.15) is 27.2 Å². The predicted molar refractivity (Wildman–Crippen MR) is 60.7 cm³/mol. The molecule has 15 heavy (non-hydrogen) atoms. The van der Waals surface area contributed by atoms with E-state index >= 15 is 0 Å². The smallest absolute Gasteiger partial charge is 0.314 e. The predicted octanol–water partition coefficient (Wildman–Crippen LogP) is 3.27. The number of carbonyl (C=O) groups is 1. The lowest BCUT2D eigenvalue weighted by molar-refractivity contribution is -0.140. The fourth-order valence-electron chi connectivity index (χ4n) is 1.59. The van der Waals surface area contributed by atoms with E-state index in [2.05, 4.69) is 0 Å². The molecule has 2 heteroatoms. The van der Waals surface area contributed by atoms with Gasteiger partial charge < -0.3 is 4.74 Å². The van der Waals surface area contributed by atoms with Gasteiger partial charge in [0, 0.05) is 0 Å². The van der Waals surface area contributed by atoms with Crippen LogP contribution in [0.3, 0.4) is 0 Å². The molecule has 0 spiro atoms. The van der Waals surface area contributed by atoms with Crippen molar-refractivity contribution in [3.8, 4) is 5.75 Å². The Labute approximate surface area is 91.3 Å². The van der Waals surface area contributed by atoms with Gasteiger partial charge in [-0.05, 0) is 24.5 Å². The third kappa shape index (κ3) is 3.39. The standard InChI is InChI=1S/C13H18O2/c1-4-12(10(2)3)13(14)15-11-8-6-5-7-9-11/h5-10,12H,4H2,1-3H3/t12-/m1/s1. The summed E-state index contributed by atoms with van der Waals surface area (Å²) in [4.78, 5) is 11.8. The highest BCUT2D eigenvalue weighted by atomic mass is 16.5. The minimum atomic E-state index is -0.126. The van der Waals surface area contributed by atoms with Crippen LogP contribution < -0.4 is 4.74 Å². The maximum atomic E-state index is 11.8. The molecule has 0 fully saturated rings. The van der Waals surface area contributed by atoms with Crippen LogP contribution in [0.25, 0.3) is 0 Å². The minimum absolute atomic E-state index is 0.00907. The molecule has 1 aromatic rings. The van der Waals surface area contributed by atoms with Gasteiger partial charge in [-0.25, -0.2) is 0 Å². The third-order valence-corrected chi connectivity index (χ3v) is 2.51. The first-order chi connectivity index (χ1) is 7.15. The lowest BCUT2D eigenvalue weighted by atomic mass is 9.93. The average molecular weight is 206 g/mol. The Hall–Kier alpha value is -1.31. The maximum Gasteiger partial charge on any atom is 0.314 e. The minimum Gasteiger partial charge on any atom is -0.426 e. The Morgan fingerprint density at radius 3 is 2.33 bits per heavy atom. The number of esters is 1. The molecule has 82 valence electrons. The van der Waals surface area contributed by atoms with E-state index in [0.29, 0.717) is 11.7 Å². The van der Waals surface area contributed by atoms with Gasteiger partial charge in [-0.2, -0.15) is 0 Å². The summed E-state index contributed by atoms with van der Waals surface area (Å²) in [6, 6.07) is 9.21. The Bertz CT molecular complexity index is 304. The number of benzene rings is 1. The SMILES string of the molecule is CC[C@@H](C(=O)Oc1ccccc1)C(C)C. The summed E-state index contributed by atoms with van der Waals surface area (Å²) in [5.41, 5.74) is 0. The molecule has 0 saturated heterocycles. The first kappa shape index (κ1) is 11.8. The van der Waals surface area contributed by atoms with E-state index in [1.54, 1.807) is 12.1 Å². The van der Waals surface area contributed by atoms with Gasteiger partial charge >= 0.3 is 5.97 Å². The molecule has 0 aromatic heterocycles. The van der Waals surface area contributed by atoms with Crippen LogP contribution >= 0.6 is 0 Å². The highest BCUT2D eigenvalue weighted by Crippen LogP contribution is 2.18. The molecule has 2 nitrogen and oxygen atoms in total. The second-order valence-electron chi connectivity index (χ2n) is 3.99. The second kappa shape index (κ2) is 5.54. The topological polar surface area (TPSA) is 26.3 Å². The van der Waals surface area contributed by atoms with E-state index in [-0.39, 0.29) is 11.9 Å². The number of rotatable bonds is 4. The van der Waals surface area contributed by atoms with Gasteiger partial charge in [-0.3, -0.25) is 4.79 Å². The van der Waals surface area contributed by atoms with Gasteiger partial charge in [-0.1, -0.05) is 39.0 Å². The van der Waals surface area contributed by atoms with Gasteiger partial charge in [0.1, 0.15) is 5.75 Å². The molecule has 0 aliphatic rings. The van der Waals surface area contributed by atoms with E-state index in [0.717, 1.165) is 6.42 Å². The molecule has 0 aliphatic carbocycles. The van der Waals surface area contributed by atoms with Gasteiger partial charge in [0.25, 0.3) is 0 Å². The summed E-state index contributed by atoms with van der Waals surface area (Å²) in [5, 5.41) is 0. The summed E-state index contributed by atoms with van der Waals surface area (Å²) < 4.78 is 5.29. The van der Waals surface area contributed by atoms with Gasteiger partial charge in [0.15, 0.2) is 0 Å². The molecule has 1 atom stereocenters. The van der Waals surface area contributed by atoms with Gasteiger partial charge in [-0.15, -0.1) is 0 Å². The monoisotopic (exact) mass is 206 g/mol. The molecule has 0 heterocycles. The molecule has 1 aromatic carbocycles. The molecular weight excluding hydrogens is 188 g/mol. The average Bonchev–Trinajstić information content (AvgIpc) is 2.19. The van der Waals surface area contributed by atoms with Crippen molar-refractivity contribution in [2.24, 2.45) is 11.8 Å². The quantitative estimate of drug-likeness (QED) is 0.558. The van der Waals surface area contributed by atoms with Crippen molar-refractivity contribution >= 4 is 5.97 Å². The van der Waals surface area contributed by atoms with Crippen LogP contribution in [0.5, 0.6) is 5.75 Å². The van der Waals surface area contributed by atoms with Crippen LogP contribution in [0, 0.1) is 11.8 Å². The van der Waals surface area contributed by atoms with Gasteiger partial charge in [0.2, 0.25) is 0 Å². The Balaban J connectivity index is 2.62. The maximum absolute atomic E-state index is 11.8. The Kier molecular flexibility index (Phi) is 4.35. The number of carbonyl (C=O) groups excluding carboxylic acids is 1. The molecule has 0 radical (unpaired) electrons. The molecule has 0 unspecified atom stereocenters. The number of hydrogen-bond acceptors (Lipinski definition) is 2. The summed E-state index contributed by atoms with van der Waals surface area (Å²) in [7, 11) is 0. The van der Waals surface area contributed by atoms with E-state index in [9.17, 15) is 4.79 Å². The highest BCUT2D eigenvalue weighted by molar-refractivity contribution is 5.75. The van der Waals surface area contributed by atoms with Crippen molar-refractivity contribution in [1.82, 2.24) is 0 Å². The van der Waals surface area contributed by atoms with Crippen molar-refractivity contribution in [1.29, 1.82) is 0 Å². The first-order valence-corrected chi connectivity index (χ1v) is 5.42. The van der Waals surface area contributed by atoms with Crippen molar-refractivity contribution in [2.45, 2.75) is 27.2 Å². The van der Waals surface area contributed by atoms with Gasteiger partial charge in [0.05, 0.1) is 5.92 Å². The molecule has 0 N–H and O–H groups in total. The second-order valence-corrected chi connectivity index (χ2v) is 3.99. The Morgan fingerprint density at radius 2 is 1.87 bits per heavy atom. The molecule has 1 rings (SSSR count). The van der Waals surface area contributed by atoms with E-state index in [4.69, 9.17) is 4.74 Å². The summed E-state index contributed by atoms with van der Waals surface area (Å²) >= 11 is 0. The fraction of sp³-hybridized carbons (Fsp3) is 0.462. The summed E-state index contributed by atoms with van der Waals surface area (Å²) in [6.45, 7) is 6.10. The molecule has 0 bridgehead atoms. The zero-order chi connectivity index (χ0) is 11.3. The number of ether oxygens (including phenoxy) is 1. The van der Waals surface area contributed by atoms with Crippen LogP contribution in [0.4, 0.5) is 0 Å². The van der Waals surface area contributed by atoms with Crippen LogP contribution in [-0.2, 0) is 4.79 Å². The normalized spacial score (nSPS) is 12.5. The van der Waals surface area contributed by atoms with E-state index < -0.39 is 0 Å². The van der Waals surface area contributed by atoms with Crippen molar-refractivity contribution in [3.05, 3.63) is 30.3 Å². The van der Waals surface area contributed by atoms with Crippen LogP contribution in [0.2, 0.25) is 0 Å². The summed E-state index contributed by atoms with van der Waals surface area (Å²) in [6.07, 6.45) is 0.823. The first-order valence-electron chi connectivity index (χ1n) is 5.42. The third-order valence-electron chi connectivity index (χ3n) is 2.51. The number of para-hydroxylation sites is 1. The van der Waals surface area contributed by atoms with Crippen molar-refractivity contribution in [3.63, 3.8) is 0 Å². The molecular formula is C13H18O2. The van der Waals surface area contributed by atoms with Crippen molar-refractivity contribution in [2.75, 3.05) is 0 Å². The molecule has 0 amide bonds. The summed E-state index contributed by atoms with van der Waals surface area (Å²) in [5.74, 6) is 0.816. The fourth-order valence-corrected chi connectivity index (χ4v) is 1.59. The Morgan fingerprint density at radius 1 is 1.27 bits per heavy atom. The number of hydrogen-bond donors (Lipinski definition) is 0. The van der Waals surface area contributed by atoms with E-state index in [1.807, 2.05) is 39.0 Å². The van der Waals surface area contributed by atoms with Crippen LogP contribution in [-0.4, -0.2) is 5.97 Å². The van der Waals surface area contributed by atoms with Crippen LogP contribution in [0.15, 0.2) is 30.3 Å². The molecule has 0 aliphatic heterocycles.